The molecule has 0 amide bonds. The van der Waals surface area contributed by atoms with Crippen LogP contribution in [0.4, 0.5) is 5.69 Å². The minimum absolute atomic E-state index is 0.0445. The lowest BCUT2D eigenvalue weighted by atomic mass is 10.1. The Morgan fingerprint density at radius 1 is 1.05 bits per heavy atom. The highest BCUT2D eigenvalue weighted by Gasteiger charge is 2.09. The van der Waals surface area contributed by atoms with E-state index < -0.39 is 0 Å². The lowest BCUT2D eigenvalue weighted by molar-refractivity contribution is 0.276. The first-order valence-corrected chi connectivity index (χ1v) is 6.48. The van der Waals surface area contributed by atoms with Crippen LogP contribution in [0.5, 0.6) is 5.75 Å². The molecule has 0 aliphatic rings. The Morgan fingerprint density at radius 3 is 2.32 bits per heavy atom. The molecule has 3 nitrogen and oxygen atoms in total. The molecule has 0 saturated carbocycles. The van der Waals surface area contributed by atoms with Gasteiger partial charge in [-0.25, -0.2) is 0 Å². The molecule has 3 heteroatoms. The number of aliphatic hydroxyl groups excluding tert-OH is 1. The lowest BCUT2D eigenvalue weighted by Crippen LogP contribution is -2.14. The molecule has 1 unspecified atom stereocenters. The SMILES string of the molecule is CCOc1ccc(C(CO)Nc2ccccc2)cc1. The van der Waals surface area contributed by atoms with Gasteiger partial charge in [0.2, 0.25) is 0 Å². The van der Waals surface area contributed by atoms with Crippen LogP contribution in [0.2, 0.25) is 0 Å². The third kappa shape index (κ3) is 3.73. The quantitative estimate of drug-likeness (QED) is 0.834. The summed E-state index contributed by atoms with van der Waals surface area (Å²) in [4.78, 5) is 0. The Hall–Kier alpha value is -2.00. The van der Waals surface area contributed by atoms with E-state index in [9.17, 15) is 5.11 Å². The van der Waals surface area contributed by atoms with E-state index in [-0.39, 0.29) is 12.6 Å². The number of ether oxygens (including phenoxy) is 1. The second-order valence-corrected chi connectivity index (χ2v) is 4.25. The van der Waals surface area contributed by atoms with Gasteiger partial charge in [0.1, 0.15) is 5.75 Å². The van der Waals surface area contributed by atoms with Crippen LogP contribution in [0.1, 0.15) is 18.5 Å². The summed E-state index contributed by atoms with van der Waals surface area (Å²) in [5, 5.41) is 12.8. The summed E-state index contributed by atoms with van der Waals surface area (Å²) in [5.41, 5.74) is 2.03. The molecular weight excluding hydrogens is 238 g/mol. The van der Waals surface area contributed by atoms with Crippen molar-refractivity contribution in [2.75, 3.05) is 18.5 Å². The third-order valence-electron chi connectivity index (χ3n) is 2.89. The highest BCUT2D eigenvalue weighted by Crippen LogP contribution is 2.21. The third-order valence-corrected chi connectivity index (χ3v) is 2.89. The molecule has 0 aromatic heterocycles. The maximum Gasteiger partial charge on any atom is 0.119 e. The van der Waals surface area contributed by atoms with Crippen molar-refractivity contribution < 1.29 is 9.84 Å². The van der Waals surface area contributed by atoms with Crippen LogP contribution in [0, 0.1) is 0 Å². The number of rotatable bonds is 6. The van der Waals surface area contributed by atoms with Gasteiger partial charge in [-0.2, -0.15) is 0 Å². The van der Waals surface area contributed by atoms with E-state index in [4.69, 9.17) is 4.74 Å². The van der Waals surface area contributed by atoms with Crippen molar-refractivity contribution in [1.82, 2.24) is 0 Å². The number of nitrogens with one attached hydrogen (secondary N) is 1. The van der Waals surface area contributed by atoms with Crippen molar-refractivity contribution in [3.8, 4) is 5.75 Å². The van der Waals surface area contributed by atoms with E-state index in [1.165, 1.54) is 0 Å². The second kappa shape index (κ2) is 6.81. The topological polar surface area (TPSA) is 41.5 Å². The summed E-state index contributed by atoms with van der Waals surface area (Å²) in [6.45, 7) is 2.66. The molecule has 1 atom stereocenters. The van der Waals surface area contributed by atoms with Gasteiger partial charge < -0.3 is 15.2 Å². The monoisotopic (exact) mass is 257 g/mol. The number of para-hydroxylation sites is 1. The van der Waals surface area contributed by atoms with Gasteiger partial charge in [0.25, 0.3) is 0 Å². The average molecular weight is 257 g/mol. The minimum atomic E-state index is -0.113. The van der Waals surface area contributed by atoms with Crippen LogP contribution in [0.15, 0.2) is 54.6 Å². The van der Waals surface area contributed by atoms with Gasteiger partial charge in [-0.3, -0.25) is 0 Å². The molecular formula is C16H19NO2. The van der Waals surface area contributed by atoms with Gasteiger partial charge in [-0.05, 0) is 36.8 Å². The number of aliphatic hydroxyl groups is 1. The maximum absolute atomic E-state index is 9.52. The van der Waals surface area contributed by atoms with Gasteiger partial charge in [-0.1, -0.05) is 30.3 Å². The molecule has 2 aromatic carbocycles. The van der Waals surface area contributed by atoms with E-state index in [0.717, 1.165) is 17.0 Å². The first kappa shape index (κ1) is 13.4. The van der Waals surface area contributed by atoms with E-state index in [0.29, 0.717) is 6.61 Å². The zero-order valence-corrected chi connectivity index (χ0v) is 11.0. The Balaban J connectivity index is 2.08. The summed E-state index contributed by atoms with van der Waals surface area (Å²) >= 11 is 0. The molecule has 0 radical (unpaired) electrons. The molecule has 0 aliphatic heterocycles. The average Bonchev–Trinajstić information content (AvgIpc) is 2.47. The molecule has 0 spiro atoms. The molecule has 19 heavy (non-hydrogen) atoms. The van der Waals surface area contributed by atoms with Gasteiger partial charge in [0.05, 0.1) is 19.3 Å². The molecule has 2 rings (SSSR count). The molecule has 0 aliphatic carbocycles. The van der Waals surface area contributed by atoms with Crippen LogP contribution in [-0.4, -0.2) is 18.3 Å². The van der Waals surface area contributed by atoms with Crippen molar-refractivity contribution in [2.24, 2.45) is 0 Å². The molecule has 0 bridgehead atoms. The predicted octanol–water partition coefficient (Wildman–Crippen LogP) is 3.23. The fourth-order valence-corrected chi connectivity index (χ4v) is 1.93. The van der Waals surface area contributed by atoms with Crippen molar-refractivity contribution in [2.45, 2.75) is 13.0 Å². The van der Waals surface area contributed by atoms with Crippen molar-refractivity contribution in [3.05, 3.63) is 60.2 Å². The smallest absolute Gasteiger partial charge is 0.119 e. The largest absolute Gasteiger partial charge is 0.494 e. The Morgan fingerprint density at radius 2 is 1.74 bits per heavy atom. The van der Waals surface area contributed by atoms with Gasteiger partial charge in [-0.15, -0.1) is 0 Å². The van der Waals surface area contributed by atoms with E-state index >= 15 is 0 Å². The van der Waals surface area contributed by atoms with Crippen LogP contribution in [0.3, 0.4) is 0 Å². The zero-order chi connectivity index (χ0) is 13.5. The molecule has 2 N–H and O–H groups in total. The summed E-state index contributed by atoms with van der Waals surface area (Å²) in [6.07, 6.45) is 0. The van der Waals surface area contributed by atoms with E-state index in [1.54, 1.807) is 0 Å². The summed E-state index contributed by atoms with van der Waals surface area (Å²) in [5.74, 6) is 0.850. The molecule has 0 heterocycles. The number of anilines is 1. The Labute approximate surface area is 113 Å². The highest BCUT2D eigenvalue weighted by molar-refractivity contribution is 5.45. The van der Waals surface area contributed by atoms with Gasteiger partial charge in [0.15, 0.2) is 0 Å². The van der Waals surface area contributed by atoms with Crippen LogP contribution < -0.4 is 10.1 Å². The standard InChI is InChI=1S/C16H19NO2/c1-2-19-15-10-8-13(9-11-15)16(12-18)17-14-6-4-3-5-7-14/h3-11,16-18H,2,12H2,1H3. The fraction of sp³-hybridized carbons (Fsp3) is 0.250. The summed E-state index contributed by atoms with van der Waals surface area (Å²) in [6, 6.07) is 17.6. The van der Waals surface area contributed by atoms with Crippen LogP contribution >= 0.6 is 0 Å². The van der Waals surface area contributed by atoms with Gasteiger partial charge in [0, 0.05) is 5.69 Å². The molecule has 2 aromatic rings. The molecule has 0 fully saturated rings. The number of benzene rings is 2. The molecule has 100 valence electrons. The summed E-state index contributed by atoms with van der Waals surface area (Å²) in [7, 11) is 0. The molecule has 0 saturated heterocycles. The second-order valence-electron chi connectivity index (χ2n) is 4.25. The minimum Gasteiger partial charge on any atom is -0.494 e. The normalized spacial score (nSPS) is 11.9. The predicted molar refractivity (Wildman–Crippen MR) is 77.5 cm³/mol. The number of hydrogen-bond donors (Lipinski definition) is 2. The van der Waals surface area contributed by atoms with Crippen LogP contribution in [0.25, 0.3) is 0 Å². The zero-order valence-electron chi connectivity index (χ0n) is 11.0. The summed E-state index contributed by atoms with van der Waals surface area (Å²) < 4.78 is 5.41. The Bertz CT molecular complexity index is 482. The van der Waals surface area contributed by atoms with Crippen molar-refractivity contribution in [1.29, 1.82) is 0 Å². The number of hydrogen-bond acceptors (Lipinski definition) is 3. The van der Waals surface area contributed by atoms with Crippen molar-refractivity contribution in [3.63, 3.8) is 0 Å². The lowest BCUT2D eigenvalue weighted by Gasteiger charge is -2.18. The first-order chi connectivity index (χ1) is 9.33. The van der Waals surface area contributed by atoms with Crippen LogP contribution in [-0.2, 0) is 0 Å². The van der Waals surface area contributed by atoms with Gasteiger partial charge >= 0.3 is 0 Å². The fourth-order valence-electron chi connectivity index (χ4n) is 1.93. The van der Waals surface area contributed by atoms with E-state index in [1.807, 2.05) is 61.5 Å². The van der Waals surface area contributed by atoms with Crippen molar-refractivity contribution >= 4 is 5.69 Å². The Kier molecular flexibility index (Phi) is 4.81. The first-order valence-electron chi connectivity index (χ1n) is 6.48. The van der Waals surface area contributed by atoms with E-state index in [2.05, 4.69) is 5.32 Å². The highest BCUT2D eigenvalue weighted by atomic mass is 16.5. The maximum atomic E-state index is 9.52.